The molecule has 0 fully saturated rings. The summed E-state index contributed by atoms with van der Waals surface area (Å²) in [5.41, 5.74) is 0.0273. The number of nitrogens with one attached hydrogen (secondary N) is 1. The number of hydrogen-bond donors (Lipinski definition) is 1. The van der Waals surface area contributed by atoms with Crippen LogP contribution in [0.3, 0.4) is 0 Å². The topological polar surface area (TPSA) is 82.3 Å². The van der Waals surface area contributed by atoms with E-state index in [1.807, 2.05) is 18.2 Å². The fourth-order valence-electron chi connectivity index (χ4n) is 2.63. The number of rotatable bonds is 13. The van der Waals surface area contributed by atoms with E-state index in [0.717, 1.165) is 56.7 Å². The van der Waals surface area contributed by atoms with Crippen molar-refractivity contribution in [3.63, 3.8) is 0 Å². The van der Waals surface area contributed by atoms with Crippen LogP contribution in [0.1, 0.15) is 51.2 Å². The van der Waals surface area contributed by atoms with E-state index in [9.17, 15) is 0 Å². The Balaban J connectivity index is 1.60. The monoisotopic (exact) mass is 362 g/mol. The molecule has 0 bridgehead atoms. The van der Waals surface area contributed by atoms with Crippen molar-refractivity contribution in [2.45, 2.75) is 52.4 Å². The fraction of sp³-hybridized carbons (Fsp3) is 0.632. The highest BCUT2D eigenvalue weighted by Gasteiger charge is 2.22. The largest absolute Gasteiger partial charge is 0.370 e. The number of aromatic nitrogens is 3. The van der Waals surface area contributed by atoms with Crippen LogP contribution >= 0.6 is 0 Å². The number of unbranched alkanes of at least 4 members (excludes halogenated alkanes) is 2. The molecule has 0 radical (unpaired) electrons. The Morgan fingerprint density at radius 3 is 2.85 bits per heavy atom. The normalized spacial score (nSPS) is 11.7. The van der Waals surface area contributed by atoms with Gasteiger partial charge in [0.05, 0.1) is 13.7 Å². The van der Waals surface area contributed by atoms with Crippen LogP contribution in [0.4, 0.5) is 5.82 Å². The molecule has 1 N–H and O–H groups in total. The van der Waals surface area contributed by atoms with Gasteiger partial charge >= 0.3 is 0 Å². The van der Waals surface area contributed by atoms with E-state index in [-0.39, 0.29) is 5.41 Å². The highest BCUT2D eigenvalue weighted by atomic mass is 17.2. The summed E-state index contributed by atoms with van der Waals surface area (Å²) >= 11 is 0. The summed E-state index contributed by atoms with van der Waals surface area (Å²) < 4.78 is 5.39. The zero-order chi connectivity index (χ0) is 18.7. The van der Waals surface area contributed by atoms with Crippen LogP contribution in [-0.2, 0) is 22.6 Å². The molecule has 26 heavy (non-hydrogen) atoms. The molecule has 0 saturated heterocycles. The van der Waals surface area contributed by atoms with Crippen molar-refractivity contribution < 1.29 is 14.3 Å². The van der Waals surface area contributed by atoms with Crippen LogP contribution in [0.2, 0.25) is 0 Å². The van der Waals surface area contributed by atoms with Crippen molar-refractivity contribution >= 4 is 5.82 Å². The summed E-state index contributed by atoms with van der Waals surface area (Å²) in [5, 5.41) is 7.41. The highest BCUT2D eigenvalue weighted by Crippen LogP contribution is 2.25. The minimum absolute atomic E-state index is 0.0273. The number of nitrogens with zero attached hydrogens (tertiary/aromatic N) is 3. The summed E-state index contributed by atoms with van der Waals surface area (Å²) in [6.45, 7) is 5.79. The second-order valence-corrected chi connectivity index (χ2v) is 7.14. The summed E-state index contributed by atoms with van der Waals surface area (Å²) in [6, 6.07) is 5.87. The lowest BCUT2D eigenvalue weighted by molar-refractivity contribution is -0.275. The van der Waals surface area contributed by atoms with Crippen molar-refractivity contribution in [2.24, 2.45) is 5.41 Å². The minimum Gasteiger partial charge on any atom is -0.370 e. The summed E-state index contributed by atoms with van der Waals surface area (Å²) in [5.74, 6) is 2.41. The van der Waals surface area contributed by atoms with Crippen molar-refractivity contribution in [3.8, 4) is 0 Å². The maximum absolute atomic E-state index is 5.39. The molecule has 7 nitrogen and oxygen atoms in total. The lowest BCUT2D eigenvalue weighted by Gasteiger charge is -2.21. The van der Waals surface area contributed by atoms with E-state index in [4.69, 9.17) is 9.41 Å². The molecule has 0 aliphatic carbocycles. The second-order valence-electron chi connectivity index (χ2n) is 7.14. The third kappa shape index (κ3) is 7.93. The Bertz CT molecular complexity index is 616. The Morgan fingerprint density at radius 1 is 1.19 bits per heavy atom. The van der Waals surface area contributed by atoms with Gasteiger partial charge < -0.3 is 9.84 Å². The van der Waals surface area contributed by atoms with Crippen LogP contribution in [-0.4, -0.2) is 35.4 Å². The van der Waals surface area contributed by atoms with E-state index in [1.165, 1.54) is 7.11 Å². The standard InChI is InChI=1S/C19H30N4O3/c1-19(2,11-14-25-24-3)15-18-22-17(23-26-18)10-5-4-7-12-20-16-9-6-8-13-21-16/h6,8-9,13H,4-5,7,10-12,14-15H2,1-3H3,(H,20,21). The average molecular weight is 362 g/mol. The quantitative estimate of drug-likeness (QED) is 0.329. The molecule has 0 aliphatic rings. The first-order chi connectivity index (χ1) is 12.6. The molecule has 7 heteroatoms. The van der Waals surface area contributed by atoms with Gasteiger partial charge in [0, 0.05) is 25.6 Å². The van der Waals surface area contributed by atoms with Gasteiger partial charge in [-0.2, -0.15) is 4.98 Å². The fourth-order valence-corrected chi connectivity index (χ4v) is 2.63. The summed E-state index contributed by atoms with van der Waals surface area (Å²) in [6.07, 6.45) is 7.50. The first kappa shape index (κ1) is 20.3. The van der Waals surface area contributed by atoms with E-state index in [1.54, 1.807) is 6.20 Å². The summed E-state index contributed by atoms with van der Waals surface area (Å²) in [4.78, 5) is 18.3. The third-order valence-corrected chi connectivity index (χ3v) is 4.17. The zero-order valence-electron chi connectivity index (χ0n) is 16.0. The summed E-state index contributed by atoms with van der Waals surface area (Å²) in [7, 11) is 1.52. The lowest BCUT2D eigenvalue weighted by atomic mass is 9.86. The molecule has 0 atom stereocenters. The van der Waals surface area contributed by atoms with E-state index >= 15 is 0 Å². The minimum atomic E-state index is 0.0273. The number of anilines is 1. The van der Waals surface area contributed by atoms with Gasteiger partial charge in [0.25, 0.3) is 0 Å². The van der Waals surface area contributed by atoms with Crippen LogP contribution in [0.5, 0.6) is 0 Å². The molecule has 2 aromatic heterocycles. The van der Waals surface area contributed by atoms with E-state index in [2.05, 4.69) is 39.2 Å². The van der Waals surface area contributed by atoms with Crippen molar-refractivity contribution in [1.82, 2.24) is 15.1 Å². The van der Waals surface area contributed by atoms with Gasteiger partial charge in [-0.15, -0.1) is 0 Å². The first-order valence-corrected chi connectivity index (χ1v) is 9.21. The Kier molecular flexibility index (Phi) is 8.50. The first-order valence-electron chi connectivity index (χ1n) is 9.21. The number of aryl methyl sites for hydroxylation is 1. The highest BCUT2D eigenvalue weighted by molar-refractivity contribution is 5.32. The van der Waals surface area contributed by atoms with Crippen LogP contribution in [0.25, 0.3) is 0 Å². The molecule has 2 aromatic rings. The molecule has 0 aliphatic heterocycles. The van der Waals surface area contributed by atoms with Gasteiger partial charge in [-0.1, -0.05) is 31.5 Å². The maximum Gasteiger partial charge on any atom is 0.227 e. The van der Waals surface area contributed by atoms with Gasteiger partial charge in [0.15, 0.2) is 5.82 Å². The van der Waals surface area contributed by atoms with Gasteiger partial charge in [-0.25, -0.2) is 14.8 Å². The Labute approximate surface area is 155 Å². The van der Waals surface area contributed by atoms with Gasteiger partial charge in [-0.05, 0) is 36.8 Å². The smallest absolute Gasteiger partial charge is 0.227 e. The Hall–Kier alpha value is -1.99. The SMILES string of the molecule is COOCCC(C)(C)Cc1nc(CCCCCNc2ccccn2)no1. The van der Waals surface area contributed by atoms with Gasteiger partial charge in [0.2, 0.25) is 5.89 Å². The van der Waals surface area contributed by atoms with E-state index < -0.39 is 0 Å². The lowest BCUT2D eigenvalue weighted by Crippen LogP contribution is -2.18. The van der Waals surface area contributed by atoms with Gasteiger partial charge in [0.1, 0.15) is 5.82 Å². The molecule has 0 spiro atoms. The molecule has 144 valence electrons. The zero-order valence-corrected chi connectivity index (χ0v) is 16.0. The maximum atomic E-state index is 5.39. The molecule has 2 heterocycles. The molecule has 0 aromatic carbocycles. The molecule has 2 rings (SSSR count). The third-order valence-electron chi connectivity index (χ3n) is 4.17. The second kappa shape index (κ2) is 10.9. The van der Waals surface area contributed by atoms with Crippen molar-refractivity contribution in [3.05, 3.63) is 36.1 Å². The van der Waals surface area contributed by atoms with Crippen LogP contribution < -0.4 is 5.32 Å². The number of hydrogen-bond acceptors (Lipinski definition) is 7. The molecular weight excluding hydrogens is 332 g/mol. The Morgan fingerprint density at radius 2 is 2.08 bits per heavy atom. The van der Waals surface area contributed by atoms with Crippen molar-refractivity contribution in [2.75, 3.05) is 25.6 Å². The van der Waals surface area contributed by atoms with Gasteiger partial charge in [-0.3, -0.25) is 0 Å². The predicted molar refractivity (Wildman–Crippen MR) is 99.6 cm³/mol. The molecule has 0 unspecified atom stereocenters. The van der Waals surface area contributed by atoms with Crippen LogP contribution in [0, 0.1) is 5.41 Å². The van der Waals surface area contributed by atoms with Crippen molar-refractivity contribution in [1.29, 1.82) is 0 Å². The average Bonchev–Trinajstić information content (AvgIpc) is 3.05. The van der Waals surface area contributed by atoms with E-state index in [0.29, 0.717) is 12.5 Å². The van der Waals surface area contributed by atoms with Crippen LogP contribution in [0.15, 0.2) is 28.9 Å². The predicted octanol–water partition coefficient (Wildman–Crippen LogP) is 3.83. The molecular formula is C19H30N4O3. The number of pyridine rings is 1. The molecule has 0 amide bonds. The molecule has 0 saturated carbocycles.